The molecule has 0 heterocycles. The third-order valence-corrected chi connectivity index (χ3v) is 5.02. The maximum absolute atomic E-state index is 5.66. The van der Waals surface area contributed by atoms with E-state index in [9.17, 15) is 0 Å². The lowest BCUT2D eigenvalue weighted by Gasteiger charge is -2.35. The Bertz CT molecular complexity index is 443. The van der Waals surface area contributed by atoms with Gasteiger partial charge in [-0.1, -0.05) is 45.2 Å². The van der Waals surface area contributed by atoms with Gasteiger partial charge in [-0.3, -0.25) is 0 Å². The molecule has 1 N–H and O–H groups in total. The van der Waals surface area contributed by atoms with E-state index < -0.39 is 0 Å². The Balaban J connectivity index is 2.25. The molecule has 3 unspecified atom stereocenters. The normalized spacial score (nSPS) is 23.8. The number of aryl methyl sites for hydroxylation is 1. The molecule has 3 atom stereocenters. The fourth-order valence-electron chi connectivity index (χ4n) is 3.83. The minimum Gasteiger partial charge on any atom is -0.496 e. The topological polar surface area (TPSA) is 21.3 Å². The van der Waals surface area contributed by atoms with Gasteiger partial charge in [-0.05, 0) is 49.8 Å². The zero-order chi connectivity index (χ0) is 15.2. The highest BCUT2D eigenvalue weighted by atomic mass is 16.5. The van der Waals surface area contributed by atoms with Crippen LogP contribution in [0.5, 0.6) is 5.75 Å². The Labute approximate surface area is 130 Å². The highest BCUT2D eigenvalue weighted by Crippen LogP contribution is 2.41. The van der Waals surface area contributed by atoms with Gasteiger partial charge < -0.3 is 10.1 Å². The van der Waals surface area contributed by atoms with Crippen LogP contribution in [0.1, 0.15) is 63.1 Å². The van der Waals surface area contributed by atoms with E-state index >= 15 is 0 Å². The Kier molecular flexibility index (Phi) is 6.10. The fraction of sp³-hybridized carbons (Fsp3) is 0.684. The molecule has 0 aromatic heterocycles. The molecule has 0 saturated heterocycles. The third kappa shape index (κ3) is 4.00. The van der Waals surface area contributed by atoms with Crippen molar-refractivity contribution in [3.05, 3.63) is 29.3 Å². The summed E-state index contributed by atoms with van der Waals surface area (Å²) >= 11 is 0. The lowest BCUT2D eigenvalue weighted by Crippen LogP contribution is -2.32. The van der Waals surface area contributed by atoms with Crippen LogP contribution in [-0.4, -0.2) is 13.7 Å². The number of nitrogens with one attached hydrogen (secondary N) is 1. The van der Waals surface area contributed by atoms with Gasteiger partial charge in [0.2, 0.25) is 0 Å². The van der Waals surface area contributed by atoms with E-state index in [4.69, 9.17) is 4.74 Å². The largest absolute Gasteiger partial charge is 0.496 e. The van der Waals surface area contributed by atoms with Crippen molar-refractivity contribution in [2.45, 2.75) is 58.9 Å². The first kappa shape index (κ1) is 16.4. The Morgan fingerprint density at radius 3 is 2.76 bits per heavy atom. The number of methoxy groups -OCH3 is 1. The average molecular weight is 289 g/mol. The van der Waals surface area contributed by atoms with Gasteiger partial charge in [-0.15, -0.1) is 0 Å². The molecule has 118 valence electrons. The van der Waals surface area contributed by atoms with Crippen molar-refractivity contribution < 1.29 is 4.74 Å². The summed E-state index contributed by atoms with van der Waals surface area (Å²) in [5.74, 6) is 2.68. The summed E-state index contributed by atoms with van der Waals surface area (Å²) in [5.41, 5.74) is 2.60. The lowest BCUT2D eigenvalue weighted by atomic mass is 9.75. The highest BCUT2D eigenvalue weighted by molar-refractivity contribution is 5.39. The van der Waals surface area contributed by atoms with Gasteiger partial charge in [0.25, 0.3) is 0 Å². The van der Waals surface area contributed by atoms with Crippen LogP contribution in [0.25, 0.3) is 0 Å². The Hall–Kier alpha value is -1.02. The van der Waals surface area contributed by atoms with E-state index in [1.54, 1.807) is 7.11 Å². The smallest absolute Gasteiger partial charge is 0.123 e. The standard InChI is InChI=1S/C19H31NO/c1-5-15-8-7-9-16(13-15)19(20-6-2)17-11-10-14(3)12-18(17)21-4/h10-12,15-16,19-20H,5-9,13H2,1-4H3. The van der Waals surface area contributed by atoms with Gasteiger partial charge in [-0.2, -0.15) is 0 Å². The SMILES string of the molecule is CCNC(c1ccc(C)cc1OC)C1CCCC(CC)C1. The Morgan fingerprint density at radius 2 is 2.10 bits per heavy atom. The monoisotopic (exact) mass is 289 g/mol. The van der Waals surface area contributed by atoms with Crippen LogP contribution in [0, 0.1) is 18.8 Å². The molecule has 1 aromatic carbocycles. The van der Waals surface area contributed by atoms with E-state index in [0.717, 1.165) is 24.1 Å². The molecule has 2 nitrogen and oxygen atoms in total. The van der Waals surface area contributed by atoms with Crippen LogP contribution in [0.4, 0.5) is 0 Å². The molecule has 21 heavy (non-hydrogen) atoms. The van der Waals surface area contributed by atoms with Crippen molar-refractivity contribution in [3.63, 3.8) is 0 Å². The zero-order valence-corrected chi connectivity index (χ0v) is 14.1. The van der Waals surface area contributed by atoms with Gasteiger partial charge in [-0.25, -0.2) is 0 Å². The quantitative estimate of drug-likeness (QED) is 0.806. The van der Waals surface area contributed by atoms with Crippen LogP contribution in [0.15, 0.2) is 18.2 Å². The number of ether oxygens (including phenoxy) is 1. The summed E-state index contributed by atoms with van der Waals surface area (Å²) in [5, 5.41) is 3.73. The zero-order valence-electron chi connectivity index (χ0n) is 14.1. The molecule has 2 heteroatoms. The number of hydrogen-bond donors (Lipinski definition) is 1. The summed E-state index contributed by atoms with van der Waals surface area (Å²) < 4.78 is 5.66. The summed E-state index contributed by atoms with van der Waals surface area (Å²) in [6.45, 7) is 7.67. The summed E-state index contributed by atoms with van der Waals surface area (Å²) in [4.78, 5) is 0. The second-order valence-corrected chi connectivity index (χ2v) is 6.48. The highest BCUT2D eigenvalue weighted by Gasteiger charge is 2.29. The molecule has 0 spiro atoms. The van der Waals surface area contributed by atoms with Crippen molar-refractivity contribution in [2.24, 2.45) is 11.8 Å². The van der Waals surface area contributed by atoms with Gasteiger partial charge >= 0.3 is 0 Å². The summed E-state index contributed by atoms with van der Waals surface area (Å²) in [7, 11) is 1.79. The molecular formula is C19H31NO. The van der Waals surface area contributed by atoms with Crippen LogP contribution >= 0.6 is 0 Å². The molecule has 1 fully saturated rings. The molecule has 1 aliphatic rings. The lowest BCUT2D eigenvalue weighted by molar-refractivity contribution is 0.208. The Morgan fingerprint density at radius 1 is 1.29 bits per heavy atom. The van der Waals surface area contributed by atoms with Gasteiger partial charge in [0, 0.05) is 11.6 Å². The molecule has 1 aliphatic carbocycles. The molecule has 0 bridgehead atoms. The van der Waals surface area contributed by atoms with E-state index in [2.05, 4.69) is 44.3 Å². The predicted octanol–water partition coefficient (Wildman–Crippen LogP) is 4.87. The number of rotatable bonds is 6. The van der Waals surface area contributed by atoms with Crippen molar-refractivity contribution in [3.8, 4) is 5.75 Å². The summed E-state index contributed by atoms with van der Waals surface area (Å²) in [6.07, 6.45) is 6.80. The first-order valence-electron chi connectivity index (χ1n) is 8.57. The minimum absolute atomic E-state index is 0.430. The predicted molar refractivity (Wildman–Crippen MR) is 89.9 cm³/mol. The first-order valence-corrected chi connectivity index (χ1v) is 8.57. The minimum atomic E-state index is 0.430. The van der Waals surface area contributed by atoms with Crippen molar-refractivity contribution >= 4 is 0 Å². The molecule has 1 aromatic rings. The van der Waals surface area contributed by atoms with E-state index in [1.807, 2.05) is 0 Å². The van der Waals surface area contributed by atoms with Crippen molar-refractivity contribution in [2.75, 3.05) is 13.7 Å². The van der Waals surface area contributed by atoms with Crippen molar-refractivity contribution in [1.29, 1.82) is 0 Å². The van der Waals surface area contributed by atoms with Gasteiger partial charge in [0.05, 0.1) is 7.11 Å². The second kappa shape index (κ2) is 7.84. The van der Waals surface area contributed by atoms with Crippen molar-refractivity contribution in [1.82, 2.24) is 5.32 Å². The van der Waals surface area contributed by atoms with Gasteiger partial charge in [0.15, 0.2) is 0 Å². The van der Waals surface area contributed by atoms with Gasteiger partial charge in [0.1, 0.15) is 5.75 Å². The van der Waals surface area contributed by atoms with Crippen LogP contribution < -0.4 is 10.1 Å². The summed E-state index contributed by atoms with van der Waals surface area (Å²) in [6, 6.07) is 7.07. The van der Waals surface area contributed by atoms with E-state index in [-0.39, 0.29) is 0 Å². The average Bonchev–Trinajstić information content (AvgIpc) is 2.53. The number of hydrogen-bond acceptors (Lipinski definition) is 2. The molecule has 0 radical (unpaired) electrons. The molecule has 0 amide bonds. The fourth-order valence-corrected chi connectivity index (χ4v) is 3.83. The molecule has 1 saturated carbocycles. The maximum atomic E-state index is 5.66. The number of benzene rings is 1. The first-order chi connectivity index (χ1) is 10.2. The van der Waals surface area contributed by atoms with E-state index in [0.29, 0.717) is 6.04 Å². The van der Waals surface area contributed by atoms with Crippen LogP contribution in [0.3, 0.4) is 0 Å². The second-order valence-electron chi connectivity index (χ2n) is 6.48. The third-order valence-electron chi connectivity index (χ3n) is 5.02. The maximum Gasteiger partial charge on any atom is 0.123 e. The van der Waals surface area contributed by atoms with E-state index in [1.165, 1.54) is 43.2 Å². The van der Waals surface area contributed by atoms with Crippen LogP contribution in [-0.2, 0) is 0 Å². The molecule has 2 rings (SSSR count). The van der Waals surface area contributed by atoms with Crippen LogP contribution in [0.2, 0.25) is 0 Å². The molecule has 0 aliphatic heterocycles. The molecular weight excluding hydrogens is 258 g/mol.